The van der Waals surface area contributed by atoms with Crippen LogP contribution in [0, 0.1) is 0 Å². The Morgan fingerprint density at radius 3 is 2.72 bits per heavy atom. The number of piperidine rings is 1. The van der Waals surface area contributed by atoms with E-state index in [1.165, 1.54) is 25.7 Å². The molecule has 18 heavy (non-hydrogen) atoms. The van der Waals surface area contributed by atoms with E-state index in [0.29, 0.717) is 12.6 Å². The van der Waals surface area contributed by atoms with Crippen LogP contribution in [-0.2, 0) is 4.74 Å². The molecule has 1 aliphatic rings. The lowest BCUT2D eigenvalue weighted by Crippen LogP contribution is -2.47. The van der Waals surface area contributed by atoms with Gasteiger partial charge in [-0.05, 0) is 53.1 Å². The number of carbonyl (C=O) groups excluding carboxylic acids is 1. The second-order valence-corrected chi connectivity index (χ2v) is 6.07. The number of ether oxygens (including phenoxy) is 1. The lowest BCUT2D eigenvalue weighted by Gasteiger charge is -2.35. The van der Waals surface area contributed by atoms with Crippen LogP contribution in [0.5, 0.6) is 0 Å². The number of hydrogen-bond donors (Lipinski definition) is 1. The minimum Gasteiger partial charge on any atom is -0.444 e. The van der Waals surface area contributed by atoms with Gasteiger partial charge in [0.25, 0.3) is 0 Å². The maximum atomic E-state index is 11.6. The fourth-order valence-electron chi connectivity index (χ4n) is 2.39. The number of likely N-dealkylation sites (tertiary alicyclic amines) is 1. The quantitative estimate of drug-likeness (QED) is 0.841. The maximum absolute atomic E-state index is 11.6. The molecular formula is C14H28N2O2. The number of nitrogens with zero attached hydrogens (tertiary/aromatic N) is 1. The van der Waals surface area contributed by atoms with Crippen LogP contribution >= 0.6 is 0 Å². The van der Waals surface area contributed by atoms with E-state index in [9.17, 15) is 4.79 Å². The Morgan fingerprint density at radius 2 is 2.11 bits per heavy atom. The Balaban J connectivity index is 2.33. The number of carbonyl (C=O) groups is 1. The molecule has 1 saturated heterocycles. The Morgan fingerprint density at radius 1 is 1.39 bits per heavy atom. The molecule has 0 aromatic carbocycles. The number of nitrogens with one attached hydrogen (secondary N) is 1. The smallest absolute Gasteiger partial charge is 0.407 e. The third kappa shape index (κ3) is 5.71. The van der Waals surface area contributed by atoms with Crippen LogP contribution < -0.4 is 5.32 Å². The molecule has 1 rings (SSSR count). The summed E-state index contributed by atoms with van der Waals surface area (Å²) in [5.41, 5.74) is -0.417. The van der Waals surface area contributed by atoms with Crippen molar-refractivity contribution in [1.29, 1.82) is 0 Å². The van der Waals surface area contributed by atoms with E-state index in [0.717, 1.165) is 13.1 Å². The summed E-state index contributed by atoms with van der Waals surface area (Å²) >= 11 is 0. The van der Waals surface area contributed by atoms with Crippen molar-refractivity contribution >= 4 is 6.09 Å². The largest absolute Gasteiger partial charge is 0.444 e. The van der Waals surface area contributed by atoms with Gasteiger partial charge in [0.15, 0.2) is 0 Å². The zero-order valence-electron chi connectivity index (χ0n) is 12.3. The van der Waals surface area contributed by atoms with Gasteiger partial charge in [0.2, 0.25) is 0 Å². The molecule has 106 valence electrons. The highest BCUT2D eigenvalue weighted by Gasteiger charge is 2.23. The average molecular weight is 256 g/mol. The summed E-state index contributed by atoms with van der Waals surface area (Å²) in [6, 6.07) is 0.478. The first kappa shape index (κ1) is 15.3. The van der Waals surface area contributed by atoms with E-state index < -0.39 is 5.60 Å². The number of amides is 1. The molecule has 1 fully saturated rings. The van der Waals surface area contributed by atoms with Crippen LogP contribution in [0.15, 0.2) is 0 Å². The highest BCUT2D eigenvalue weighted by Crippen LogP contribution is 2.16. The SMILES string of the molecule is CCCN1CCCCC1CNC(=O)OC(C)(C)C. The molecule has 0 spiro atoms. The first-order valence-electron chi connectivity index (χ1n) is 7.13. The fourth-order valence-corrected chi connectivity index (χ4v) is 2.39. The van der Waals surface area contributed by atoms with Gasteiger partial charge in [-0.1, -0.05) is 13.3 Å². The van der Waals surface area contributed by atoms with Gasteiger partial charge >= 0.3 is 6.09 Å². The van der Waals surface area contributed by atoms with Gasteiger partial charge in [0.1, 0.15) is 5.60 Å². The molecule has 0 saturated carbocycles. The molecule has 1 unspecified atom stereocenters. The van der Waals surface area contributed by atoms with Crippen LogP contribution in [-0.4, -0.2) is 42.3 Å². The second kappa shape index (κ2) is 6.98. The van der Waals surface area contributed by atoms with Crippen molar-refractivity contribution in [3.63, 3.8) is 0 Å². The third-order valence-corrected chi connectivity index (χ3v) is 3.14. The first-order valence-corrected chi connectivity index (χ1v) is 7.13. The van der Waals surface area contributed by atoms with Crippen LogP contribution in [0.1, 0.15) is 53.4 Å². The summed E-state index contributed by atoms with van der Waals surface area (Å²) in [5.74, 6) is 0. The molecule has 1 aliphatic heterocycles. The van der Waals surface area contributed by atoms with Crippen LogP contribution in [0.4, 0.5) is 4.79 Å². The highest BCUT2D eigenvalue weighted by atomic mass is 16.6. The van der Waals surface area contributed by atoms with Gasteiger partial charge in [-0.25, -0.2) is 4.79 Å². The molecule has 1 N–H and O–H groups in total. The lowest BCUT2D eigenvalue weighted by atomic mass is 10.0. The normalized spacial score (nSPS) is 21.7. The van der Waals surface area contributed by atoms with Crippen LogP contribution in [0.3, 0.4) is 0 Å². The van der Waals surface area contributed by atoms with Gasteiger partial charge < -0.3 is 10.1 Å². The minimum atomic E-state index is -0.417. The topological polar surface area (TPSA) is 41.6 Å². The minimum absolute atomic E-state index is 0.301. The third-order valence-electron chi connectivity index (χ3n) is 3.14. The predicted octanol–water partition coefficient (Wildman–Crippen LogP) is 2.78. The highest BCUT2D eigenvalue weighted by molar-refractivity contribution is 5.67. The van der Waals surface area contributed by atoms with E-state index in [2.05, 4.69) is 17.1 Å². The zero-order valence-corrected chi connectivity index (χ0v) is 12.3. The monoisotopic (exact) mass is 256 g/mol. The Bertz CT molecular complexity index is 259. The average Bonchev–Trinajstić information content (AvgIpc) is 2.26. The molecule has 0 aliphatic carbocycles. The molecule has 4 heteroatoms. The standard InChI is InChI=1S/C14H28N2O2/c1-5-9-16-10-7-6-8-12(16)11-15-13(17)18-14(2,3)4/h12H,5-11H2,1-4H3,(H,15,17). The van der Waals surface area contributed by atoms with Crippen LogP contribution in [0.2, 0.25) is 0 Å². The second-order valence-electron chi connectivity index (χ2n) is 6.07. The van der Waals surface area contributed by atoms with Gasteiger partial charge in [0, 0.05) is 12.6 Å². The molecular weight excluding hydrogens is 228 g/mol. The summed E-state index contributed by atoms with van der Waals surface area (Å²) in [7, 11) is 0. The van der Waals surface area contributed by atoms with Gasteiger partial charge in [-0.3, -0.25) is 4.90 Å². The summed E-state index contributed by atoms with van der Waals surface area (Å²) in [5, 5.41) is 2.89. The molecule has 0 aromatic rings. The number of hydrogen-bond acceptors (Lipinski definition) is 3. The van der Waals surface area contributed by atoms with E-state index in [1.807, 2.05) is 20.8 Å². The molecule has 1 heterocycles. The van der Waals surface area contributed by atoms with Crippen LogP contribution in [0.25, 0.3) is 0 Å². The molecule has 1 atom stereocenters. The summed E-state index contributed by atoms with van der Waals surface area (Å²) in [6.07, 6.45) is 4.59. The molecule has 0 radical (unpaired) electrons. The van der Waals surface area contributed by atoms with Crippen molar-refractivity contribution < 1.29 is 9.53 Å². The molecule has 0 aromatic heterocycles. The Labute approximate surface area is 111 Å². The van der Waals surface area contributed by atoms with Crippen molar-refractivity contribution in [3.05, 3.63) is 0 Å². The Hall–Kier alpha value is -0.770. The summed E-state index contributed by atoms with van der Waals surface area (Å²) < 4.78 is 5.26. The zero-order chi connectivity index (χ0) is 13.6. The van der Waals surface area contributed by atoms with Crippen molar-refractivity contribution in [2.24, 2.45) is 0 Å². The van der Waals surface area contributed by atoms with Gasteiger partial charge in [-0.15, -0.1) is 0 Å². The van der Waals surface area contributed by atoms with Gasteiger partial charge in [-0.2, -0.15) is 0 Å². The van der Waals surface area contributed by atoms with E-state index in [4.69, 9.17) is 4.74 Å². The predicted molar refractivity (Wildman–Crippen MR) is 73.7 cm³/mol. The lowest BCUT2D eigenvalue weighted by molar-refractivity contribution is 0.0495. The van der Waals surface area contributed by atoms with E-state index in [-0.39, 0.29) is 6.09 Å². The Kier molecular flexibility index (Phi) is 5.93. The van der Waals surface area contributed by atoms with Crippen molar-refractivity contribution in [2.45, 2.75) is 65.0 Å². The van der Waals surface area contributed by atoms with Crippen molar-refractivity contribution in [2.75, 3.05) is 19.6 Å². The van der Waals surface area contributed by atoms with E-state index >= 15 is 0 Å². The number of rotatable bonds is 4. The summed E-state index contributed by atoms with van der Waals surface area (Å²) in [4.78, 5) is 14.1. The maximum Gasteiger partial charge on any atom is 0.407 e. The summed E-state index contributed by atoms with van der Waals surface area (Å²) in [6.45, 7) is 10.8. The van der Waals surface area contributed by atoms with Gasteiger partial charge in [0.05, 0.1) is 0 Å². The van der Waals surface area contributed by atoms with Crippen molar-refractivity contribution in [3.8, 4) is 0 Å². The van der Waals surface area contributed by atoms with E-state index in [1.54, 1.807) is 0 Å². The van der Waals surface area contributed by atoms with Crippen molar-refractivity contribution in [1.82, 2.24) is 10.2 Å². The first-order chi connectivity index (χ1) is 8.42. The fraction of sp³-hybridized carbons (Fsp3) is 0.929. The number of alkyl carbamates (subject to hydrolysis) is 1. The molecule has 1 amide bonds. The molecule has 0 bridgehead atoms. The molecule has 4 nitrogen and oxygen atoms in total.